The summed E-state index contributed by atoms with van der Waals surface area (Å²) in [7, 11) is 0. The summed E-state index contributed by atoms with van der Waals surface area (Å²) in [6.45, 7) is 5.43. The van der Waals surface area contributed by atoms with Gasteiger partial charge in [-0.25, -0.2) is 4.98 Å². The number of benzene rings is 4. The number of hydrogen-bond acceptors (Lipinski definition) is 8. The van der Waals surface area contributed by atoms with Crippen LogP contribution < -0.4 is 19.1 Å². The van der Waals surface area contributed by atoms with Gasteiger partial charge in [-0.1, -0.05) is 79.3 Å². The zero-order valence-electron chi connectivity index (χ0n) is 25.6. The average Bonchev–Trinajstić information content (AvgIpc) is 3.62. The summed E-state index contributed by atoms with van der Waals surface area (Å²) in [5, 5.41) is 12.0. The molecule has 1 fully saturated rings. The smallest absolute Gasteiger partial charge is 0.301 e. The first-order valence-electron chi connectivity index (χ1n) is 15.3. The van der Waals surface area contributed by atoms with Gasteiger partial charge in [0.2, 0.25) is 0 Å². The maximum absolute atomic E-state index is 13.8. The largest absolute Gasteiger partial charge is 0.507 e. The van der Waals surface area contributed by atoms with E-state index in [9.17, 15) is 14.7 Å². The Bertz CT molecular complexity index is 1880. The van der Waals surface area contributed by atoms with Gasteiger partial charge >= 0.3 is 5.91 Å². The molecule has 4 aromatic carbocycles. The lowest BCUT2D eigenvalue weighted by atomic mass is 9.95. The number of unbranched alkanes of at least 4 members (excludes halogenated alkanes) is 1. The number of fused-ring (bicyclic) bond motifs is 1. The summed E-state index contributed by atoms with van der Waals surface area (Å²) >= 11 is 1.28. The zero-order valence-corrected chi connectivity index (χ0v) is 26.5. The van der Waals surface area contributed by atoms with Crippen molar-refractivity contribution in [2.45, 2.75) is 39.3 Å². The molecule has 0 radical (unpaired) electrons. The summed E-state index contributed by atoms with van der Waals surface area (Å²) in [5.41, 5.74) is 2.68. The van der Waals surface area contributed by atoms with Gasteiger partial charge in [0.25, 0.3) is 5.78 Å². The zero-order chi connectivity index (χ0) is 32.0. The highest BCUT2D eigenvalue weighted by Gasteiger charge is 2.48. The molecule has 1 aromatic heterocycles. The van der Waals surface area contributed by atoms with Crippen molar-refractivity contribution >= 4 is 44.1 Å². The van der Waals surface area contributed by atoms with Gasteiger partial charge < -0.3 is 19.3 Å². The Labute approximate surface area is 271 Å². The number of carbonyl (C=O) groups excluding carboxylic acids is 2. The number of rotatable bonds is 12. The van der Waals surface area contributed by atoms with Crippen molar-refractivity contribution in [1.29, 1.82) is 0 Å². The van der Waals surface area contributed by atoms with Crippen LogP contribution >= 0.6 is 11.3 Å². The predicted octanol–water partition coefficient (Wildman–Crippen LogP) is 8.08. The Balaban J connectivity index is 1.40. The molecular formula is C37H34N2O6S. The molecule has 1 unspecified atom stereocenters. The number of hydrogen-bond donors (Lipinski definition) is 1. The molecule has 1 atom stereocenters. The Morgan fingerprint density at radius 2 is 1.61 bits per heavy atom. The van der Waals surface area contributed by atoms with E-state index < -0.39 is 17.7 Å². The van der Waals surface area contributed by atoms with E-state index in [1.807, 2.05) is 67.6 Å². The maximum atomic E-state index is 13.8. The molecule has 5 aromatic rings. The van der Waals surface area contributed by atoms with E-state index in [0.717, 1.165) is 23.1 Å². The van der Waals surface area contributed by atoms with Gasteiger partial charge in [0, 0.05) is 5.56 Å². The van der Waals surface area contributed by atoms with Gasteiger partial charge in [-0.15, -0.1) is 0 Å². The molecule has 1 saturated heterocycles. The molecule has 0 spiro atoms. The van der Waals surface area contributed by atoms with E-state index in [-0.39, 0.29) is 11.3 Å². The molecule has 1 N–H and O–H groups in total. The highest BCUT2D eigenvalue weighted by atomic mass is 32.1. The minimum Gasteiger partial charge on any atom is -0.507 e. The monoisotopic (exact) mass is 634 g/mol. The normalized spacial score (nSPS) is 15.8. The van der Waals surface area contributed by atoms with Gasteiger partial charge in [-0.2, -0.15) is 0 Å². The quantitative estimate of drug-likeness (QED) is 0.0641. The molecule has 0 aliphatic carbocycles. The van der Waals surface area contributed by atoms with Crippen LogP contribution in [-0.4, -0.2) is 35.0 Å². The average molecular weight is 635 g/mol. The van der Waals surface area contributed by atoms with E-state index in [0.29, 0.717) is 58.8 Å². The highest BCUT2D eigenvalue weighted by Crippen LogP contribution is 2.45. The second kappa shape index (κ2) is 13.9. The molecule has 234 valence electrons. The fourth-order valence-corrected chi connectivity index (χ4v) is 6.33. The summed E-state index contributed by atoms with van der Waals surface area (Å²) in [6.07, 6.45) is 1.87. The van der Waals surface area contributed by atoms with Crippen LogP contribution in [0.3, 0.4) is 0 Å². The molecule has 46 heavy (non-hydrogen) atoms. The maximum Gasteiger partial charge on any atom is 0.301 e. The van der Waals surface area contributed by atoms with Gasteiger partial charge in [0.15, 0.2) is 5.13 Å². The number of amides is 1. The lowest BCUT2D eigenvalue weighted by Gasteiger charge is -2.23. The van der Waals surface area contributed by atoms with E-state index in [4.69, 9.17) is 19.2 Å². The molecule has 2 heterocycles. The molecule has 0 saturated carbocycles. The SMILES string of the molecule is CCCCOc1cccc(C(O)=C2C(=O)C(=O)N(c3nc4ccc(OCC)cc4s3)C2c2ccc(OCc3ccccc3)cc2)c1. The van der Waals surface area contributed by atoms with Crippen molar-refractivity contribution in [1.82, 2.24) is 4.98 Å². The first-order valence-corrected chi connectivity index (χ1v) is 16.1. The second-order valence-corrected chi connectivity index (χ2v) is 11.8. The number of thiazole rings is 1. The van der Waals surface area contributed by atoms with Crippen molar-refractivity contribution < 1.29 is 28.9 Å². The van der Waals surface area contributed by atoms with Gasteiger partial charge in [0.1, 0.15) is 29.6 Å². The molecule has 0 bridgehead atoms. The van der Waals surface area contributed by atoms with Crippen LogP contribution in [0.1, 0.15) is 49.4 Å². The Hall–Kier alpha value is -5.15. The van der Waals surface area contributed by atoms with Crippen LogP contribution in [-0.2, 0) is 16.2 Å². The van der Waals surface area contributed by atoms with Crippen molar-refractivity contribution in [3.05, 3.63) is 119 Å². The second-order valence-electron chi connectivity index (χ2n) is 10.8. The van der Waals surface area contributed by atoms with E-state index in [1.165, 1.54) is 16.2 Å². The predicted molar refractivity (Wildman–Crippen MR) is 180 cm³/mol. The van der Waals surface area contributed by atoms with Crippen molar-refractivity contribution in [3.63, 3.8) is 0 Å². The van der Waals surface area contributed by atoms with Crippen LogP contribution in [0.5, 0.6) is 17.2 Å². The third-order valence-corrected chi connectivity index (χ3v) is 8.65. The molecule has 6 rings (SSSR count). The van der Waals surface area contributed by atoms with Gasteiger partial charge in [-0.05, 0) is 66.9 Å². The minimum atomic E-state index is -0.931. The third kappa shape index (κ3) is 6.46. The van der Waals surface area contributed by atoms with E-state index in [2.05, 4.69) is 6.92 Å². The standard InChI is InChI=1S/C37H34N2O6S/c1-3-5-20-44-28-13-9-12-26(21-28)34(40)32-33(25-14-16-27(17-15-25)45-23-24-10-7-6-8-11-24)39(36(42)35(32)41)37-38-30-19-18-29(43-4-2)22-31(30)46-37/h6-19,21-22,33,40H,3-5,20,23H2,1-2H3. The van der Waals surface area contributed by atoms with Crippen LogP contribution in [0.15, 0.2) is 103 Å². The van der Waals surface area contributed by atoms with Gasteiger partial charge in [-0.3, -0.25) is 14.5 Å². The lowest BCUT2D eigenvalue weighted by Crippen LogP contribution is -2.29. The minimum absolute atomic E-state index is 0.0251. The fourth-order valence-electron chi connectivity index (χ4n) is 5.31. The van der Waals surface area contributed by atoms with Crippen LogP contribution in [0.4, 0.5) is 5.13 Å². The topological polar surface area (TPSA) is 98.2 Å². The number of anilines is 1. The Morgan fingerprint density at radius 1 is 0.848 bits per heavy atom. The summed E-state index contributed by atoms with van der Waals surface area (Å²) < 4.78 is 18.3. The summed E-state index contributed by atoms with van der Waals surface area (Å²) in [6, 6.07) is 28.6. The first kappa shape index (κ1) is 30.9. The number of nitrogens with zero attached hydrogens (tertiary/aromatic N) is 2. The lowest BCUT2D eigenvalue weighted by molar-refractivity contribution is -0.132. The fraction of sp³-hybridized carbons (Fsp3) is 0.216. The number of aliphatic hydroxyl groups is 1. The number of carbonyl (C=O) groups is 2. The van der Waals surface area contributed by atoms with E-state index >= 15 is 0 Å². The Kier molecular flexibility index (Phi) is 9.30. The van der Waals surface area contributed by atoms with Crippen molar-refractivity contribution in [2.75, 3.05) is 18.1 Å². The third-order valence-electron chi connectivity index (χ3n) is 7.63. The van der Waals surface area contributed by atoms with Crippen molar-refractivity contribution in [3.8, 4) is 17.2 Å². The molecule has 9 heteroatoms. The highest BCUT2D eigenvalue weighted by molar-refractivity contribution is 7.22. The summed E-state index contributed by atoms with van der Waals surface area (Å²) in [5.74, 6) is 0.0464. The Morgan fingerprint density at radius 3 is 2.37 bits per heavy atom. The first-order chi connectivity index (χ1) is 22.5. The van der Waals surface area contributed by atoms with Crippen LogP contribution in [0, 0.1) is 0 Å². The van der Waals surface area contributed by atoms with E-state index in [1.54, 1.807) is 36.4 Å². The molecule has 1 aliphatic rings. The number of Topliss-reactive ketones (excluding diaryl/α,β-unsaturated/α-hetero) is 1. The molecular weight excluding hydrogens is 600 g/mol. The number of ether oxygens (including phenoxy) is 3. The molecule has 1 aliphatic heterocycles. The molecule has 1 amide bonds. The molecule has 8 nitrogen and oxygen atoms in total. The summed E-state index contributed by atoms with van der Waals surface area (Å²) in [4.78, 5) is 33.6. The number of aromatic nitrogens is 1. The number of ketones is 1. The van der Waals surface area contributed by atoms with Crippen LogP contribution in [0.2, 0.25) is 0 Å². The van der Waals surface area contributed by atoms with Crippen molar-refractivity contribution in [2.24, 2.45) is 0 Å². The number of aliphatic hydroxyl groups excluding tert-OH is 1. The van der Waals surface area contributed by atoms with Crippen LogP contribution in [0.25, 0.3) is 16.0 Å². The van der Waals surface area contributed by atoms with Gasteiger partial charge in [0.05, 0.1) is 35.0 Å².